The summed E-state index contributed by atoms with van der Waals surface area (Å²) in [5.74, 6) is 0.786. The number of carbonyl (C=O) groups is 2. The quantitative estimate of drug-likeness (QED) is 0.170. The molecule has 6 rings (SSSR count). The zero-order valence-electron chi connectivity index (χ0n) is 27.6. The minimum atomic E-state index is -0.600. The van der Waals surface area contributed by atoms with E-state index in [9.17, 15) is 9.59 Å². The van der Waals surface area contributed by atoms with Gasteiger partial charge in [-0.2, -0.15) is 0 Å². The summed E-state index contributed by atoms with van der Waals surface area (Å²) in [5.41, 5.74) is 17.2. The third-order valence-electron chi connectivity index (χ3n) is 10.7. The second-order valence-electron chi connectivity index (χ2n) is 13.2. The van der Waals surface area contributed by atoms with Crippen molar-refractivity contribution in [1.82, 2.24) is 10.2 Å². The Kier molecular flexibility index (Phi) is 10.3. The smallest absolute Gasteiger partial charge is 0.314 e. The van der Waals surface area contributed by atoms with Crippen LogP contribution in [0, 0.1) is 11.8 Å². The van der Waals surface area contributed by atoms with E-state index in [1.165, 1.54) is 5.56 Å². The molecule has 2 fully saturated rings. The fourth-order valence-corrected chi connectivity index (χ4v) is 8.50. The Morgan fingerprint density at radius 3 is 1.92 bits per heavy atom. The highest BCUT2D eigenvalue weighted by Crippen LogP contribution is 2.56. The molecule has 0 aromatic heterocycles. The lowest BCUT2D eigenvalue weighted by atomic mass is 9.51. The average Bonchev–Trinajstić information content (AvgIpc) is 3.14. The number of carbonyl (C=O) groups excluding carboxylic acids is 2. The molecule has 3 amide bonds. The lowest BCUT2D eigenvalue weighted by Crippen LogP contribution is -2.57. The second kappa shape index (κ2) is 14.9. The maximum Gasteiger partial charge on any atom is 0.314 e. The van der Waals surface area contributed by atoms with Gasteiger partial charge in [0.1, 0.15) is 5.75 Å². The normalized spacial score (nSPS) is 22.6. The van der Waals surface area contributed by atoms with E-state index in [0.29, 0.717) is 19.5 Å². The fourth-order valence-electron chi connectivity index (χ4n) is 8.50. The highest BCUT2D eigenvalue weighted by atomic mass is 16.5. The first-order valence-electron chi connectivity index (χ1n) is 16.9. The van der Waals surface area contributed by atoms with Crippen LogP contribution in [0.1, 0.15) is 58.9 Å². The molecule has 7 heteroatoms. The van der Waals surface area contributed by atoms with E-state index in [0.717, 1.165) is 47.5 Å². The molecule has 2 aliphatic rings. The van der Waals surface area contributed by atoms with Crippen molar-refractivity contribution in [2.24, 2.45) is 23.3 Å². The Labute approximate surface area is 284 Å². The number of nitrogens with one attached hydrogen (secondary N) is 1. The highest BCUT2D eigenvalue weighted by Gasteiger charge is 2.54. The summed E-state index contributed by atoms with van der Waals surface area (Å²) >= 11 is 0. The summed E-state index contributed by atoms with van der Waals surface area (Å²) in [5, 5.41) is 3.65. The lowest BCUT2D eigenvalue weighted by Gasteiger charge is -2.55. The molecule has 0 saturated carbocycles. The Balaban J connectivity index is 1.49. The molecule has 4 aromatic carbocycles. The van der Waals surface area contributed by atoms with Gasteiger partial charge in [-0.15, -0.1) is 0 Å². The van der Waals surface area contributed by atoms with Crippen molar-refractivity contribution in [3.63, 3.8) is 0 Å². The molecule has 2 heterocycles. The van der Waals surface area contributed by atoms with Gasteiger partial charge < -0.3 is 26.4 Å². The summed E-state index contributed by atoms with van der Waals surface area (Å²) < 4.78 is 5.31. The molecule has 5 unspecified atom stereocenters. The number of methoxy groups -OCH3 is 1. The predicted molar refractivity (Wildman–Crippen MR) is 192 cm³/mol. The third kappa shape index (κ3) is 7.02. The molecule has 248 valence electrons. The number of amides is 3. The van der Waals surface area contributed by atoms with Gasteiger partial charge in [0.2, 0.25) is 5.91 Å². The van der Waals surface area contributed by atoms with Crippen molar-refractivity contribution in [1.29, 1.82) is 0 Å². The summed E-state index contributed by atoms with van der Waals surface area (Å²) in [6, 6.07) is 37.3. The first-order valence-corrected chi connectivity index (χ1v) is 16.9. The van der Waals surface area contributed by atoms with Crippen molar-refractivity contribution in [3.05, 3.63) is 137 Å². The molecular formula is C41H46N4O3. The van der Waals surface area contributed by atoms with Crippen LogP contribution in [-0.2, 0) is 10.2 Å². The van der Waals surface area contributed by atoms with Crippen LogP contribution >= 0.6 is 0 Å². The van der Waals surface area contributed by atoms with Gasteiger partial charge in [-0.25, -0.2) is 4.79 Å². The minimum Gasteiger partial charge on any atom is -0.497 e. The molecule has 0 spiro atoms. The number of nitrogens with two attached hydrogens (primary N) is 2. The monoisotopic (exact) mass is 642 g/mol. The Bertz CT molecular complexity index is 1690. The topological polar surface area (TPSA) is 111 Å². The van der Waals surface area contributed by atoms with E-state index in [4.69, 9.17) is 16.2 Å². The van der Waals surface area contributed by atoms with Crippen molar-refractivity contribution in [3.8, 4) is 5.75 Å². The second-order valence-corrected chi connectivity index (χ2v) is 13.2. The van der Waals surface area contributed by atoms with E-state index in [1.54, 1.807) is 12.0 Å². The first-order chi connectivity index (χ1) is 23.4. The predicted octanol–water partition coefficient (Wildman–Crippen LogP) is 6.56. The number of rotatable bonds is 10. The number of primary amides is 2. The number of ether oxygens (including phenoxy) is 1. The highest BCUT2D eigenvalue weighted by molar-refractivity contribution is 5.76. The van der Waals surface area contributed by atoms with Gasteiger partial charge in [0.15, 0.2) is 0 Å². The molecule has 4 aromatic rings. The summed E-state index contributed by atoms with van der Waals surface area (Å²) in [4.78, 5) is 27.7. The number of hydrogen-bond donors (Lipinski definition) is 3. The van der Waals surface area contributed by atoms with Crippen molar-refractivity contribution >= 4 is 24.1 Å². The van der Waals surface area contributed by atoms with Gasteiger partial charge in [-0.05, 0) is 71.2 Å². The number of likely N-dealkylation sites (tertiary alicyclic amines) is 1. The zero-order valence-corrected chi connectivity index (χ0v) is 27.6. The number of hydrogen-bond acceptors (Lipinski definition) is 4. The van der Waals surface area contributed by atoms with Crippen LogP contribution in [-0.4, -0.2) is 50.1 Å². The lowest BCUT2D eigenvalue weighted by molar-refractivity contribution is -0.121. The van der Waals surface area contributed by atoms with Crippen LogP contribution in [0.3, 0.4) is 0 Å². The molecular weight excluding hydrogens is 596 g/mol. The standard InChI is InChI=1S/C41H46N4O3/c1-48-34-20-16-30(17-21-34)13-12-29-14-18-33(19-15-29)41(26-39(42)46,37-22-24-44-27-35(37)31-8-4-2-5-9-31)38-23-25-45(40(43)47)28-36(38)32-10-6-3-7-11-32/h2-21,35-38,44H,22-28H2,1H3,(H2,42,46)(H2,43,47). The molecule has 0 radical (unpaired) electrons. The van der Waals surface area contributed by atoms with Crippen LogP contribution in [0.4, 0.5) is 4.79 Å². The van der Waals surface area contributed by atoms with E-state index >= 15 is 0 Å². The van der Waals surface area contributed by atoms with E-state index in [1.807, 2.05) is 42.5 Å². The van der Waals surface area contributed by atoms with E-state index in [-0.39, 0.29) is 36.0 Å². The van der Waals surface area contributed by atoms with Crippen LogP contribution in [0.2, 0.25) is 0 Å². The van der Waals surface area contributed by atoms with Gasteiger partial charge in [0, 0.05) is 43.3 Å². The Morgan fingerprint density at radius 1 is 0.792 bits per heavy atom. The molecule has 0 aliphatic carbocycles. The van der Waals surface area contributed by atoms with Crippen molar-refractivity contribution in [2.45, 2.75) is 36.5 Å². The largest absolute Gasteiger partial charge is 0.497 e. The van der Waals surface area contributed by atoms with Crippen molar-refractivity contribution < 1.29 is 14.3 Å². The Hall–Kier alpha value is -4.88. The average molecular weight is 643 g/mol. The van der Waals surface area contributed by atoms with E-state index in [2.05, 4.69) is 84.2 Å². The van der Waals surface area contributed by atoms with Crippen LogP contribution in [0.25, 0.3) is 12.2 Å². The molecule has 5 N–H and O–H groups in total. The maximum atomic E-state index is 13.4. The molecule has 2 saturated heterocycles. The zero-order chi connectivity index (χ0) is 33.5. The summed E-state index contributed by atoms with van der Waals surface area (Å²) in [7, 11) is 1.67. The van der Waals surface area contributed by atoms with Gasteiger partial charge in [0.05, 0.1) is 7.11 Å². The van der Waals surface area contributed by atoms with Crippen LogP contribution < -0.4 is 21.5 Å². The van der Waals surface area contributed by atoms with Gasteiger partial charge >= 0.3 is 6.03 Å². The van der Waals surface area contributed by atoms with Crippen LogP contribution in [0.15, 0.2) is 109 Å². The van der Waals surface area contributed by atoms with Crippen LogP contribution in [0.5, 0.6) is 5.75 Å². The number of benzene rings is 4. The van der Waals surface area contributed by atoms with Crippen molar-refractivity contribution in [2.75, 3.05) is 33.3 Å². The fraction of sp³-hybridized carbons (Fsp3) is 0.317. The van der Waals surface area contributed by atoms with Gasteiger partial charge in [0.25, 0.3) is 0 Å². The third-order valence-corrected chi connectivity index (χ3v) is 10.7. The molecule has 2 aliphatic heterocycles. The number of piperidine rings is 2. The van der Waals surface area contributed by atoms with Gasteiger partial charge in [-0.1, -0.05) is 109 Å². The maximum absolute atomic E-state index is 13.4. The molecule has 0 bridgehead atoms. The minimum absolute atomic E-state index is 0.0259. The summed E-state index contributed by atoms with van der Waals surface area (Å²) in [6.07, 6.45) is 6.02. The SMILES string of the molecule is COc1ccc(C=Cc2ccc(C(CC(N)=O)(C3CCNCC3c3ccccc3)C3CCN(C(N)=O)CC3c3ccccc3)cc2)cc1. The van der Waals surface area contributed by atoms with E-state index < -0.39 is 11.4 Å². The molecule has 5 atom stereocenters. The first kappa shape index (κ1) is 33.0. The summed E-state index contributed by atoms with van der Waals surface area (Å²) in [6.45, 7) is 2.70. The number of nitrogens with zero attached hydrogens (tertiary/aromatic N) is 1. The molecule has 7 nitrogen and oxygen atoms in total. The molecule has 48 heavy (non-hydrogen) atoms. The Morgan fingerprint density at radius 2 is 1.35 bits per heavy atom. The van der Waals surface area contributed by atoms with Gasteiger partial charge in [-0.3, -0.25) is 4.79 Å². The number of urea groups is 1.